The van der Waals surface area contributed by atoms with E-state index in [4.69, 9.17) is 9.15 Å². The van der Waals surface area contributed by atoms with Gasteiger partial charge < -0.3 is 14.3 Å². The minimum absolute atomic E-state index is 0.170. The number of nitrogens with one attached hydrogen (secondary N) is 1. The van der Waals surface area contributed by atoms with Gasteiger partial charge in [0, 0.05) is 5.56 Å². The lowest BCUT2D eigenvalue weighted by Crippen LogP contribution is -2.19. The van der Waals surface area contributed by atoms with Gasteiger partial charge >= 0.3 is 12.1 Å². The summed E-state index contributed by atoms with van der Waals surface area (Å²) in [6.07, 6.45) is 2.31. The summed E-state index contributed by atoms with van der Waals surface area (Å²) in [4.78, 5) is 23.8. The number of aliphatic carboxylic acids is 1. The Hall–Kier alpha value is -4.32. The van der Waals surface area contributed by atoms with E-state index in [1.54, 1.807) is 6.07 Å². The van der Waals surface area contributed by atoms with E-state index in [0.717, 1.165) is 33.4 Å². The lowest BCUT2D eigenvalue weighted by molar-refractivity contribution is -0.140. The number of carbonyl (C=O) groups excluding carboxylic acids is 1. The van der Waals surface area contributed by atoms with Crippen molar-refractivity contribution < 1.29 is 23.8 Å². The SMILES string of the molecule is O=C(Nc1occc1-c1ccc(-c2ccc(C3(C(=O)O)CC3)cc2)cc1)OCc1ccccc1. The number of benzene rings is 3. The molecule has 1 amide bonds. The Morgan fingerprint density at radius 3 is 2.09 bits per heavy atom. The Morgan fingerprint density at radius 2 is 1.47 bits per heavy atom. The molecular weight excluding hydrogens is 430 g/mol. The molecule has 1 fully saturated rings. The van der Waals surface area contributed by atoms with Crippen LogP contribution in [0.4, 0.5) is 10.7 Å². The van der Waals surface area contributed by atoms with Crippen LogP contribution in [0.3, 0.4) is 0 Å². The topological polar surface area (TPSA) is 88.8 Å². The predicted octanol–water partition coefficient (Wildman–Crippen LogP) is 6.48. The summed E-state index contributed by atoms with van der Waals surface area (Å²) >= 11 is 0. The number of ether oxygens (including phenoxy) is 1. The molecule has 1 saturated carbocycles. The number of rotatable bonds is 7. The molecular formula is C28H23NO5. The summed E-state index contributed by atoms with van der Waals surface area (Å²) in [6.45, 7) is 0.170. The van der Waals surface area contributed by atoms with Crippen molar-refractivity contribution in [3.8, 4) is 22.3 Å². The Bertz CT molecular complexity index is 1300. The quantitative estimate of drug-likeness (QED) is 0.334. The minimum Gasteiger partial charge on any atom is -0.481 e. The lowest BCUT2D eigenvalue weighted by Gasteiger charge is -2.11. The molecule has 1 aromatic heterocycles. The summed E-state index contributed by atoms with van der Waals surface area (Å²) in [5.74, 6) is -0.434. The van der Waals surface area contributed by atoms with Crippen molar-refractivity contribution in [3.05, 3.63) is 102 Å². The normalized spacial score (nSPS) is 13.8. The molecule has 6 heteroatoms. The molecule has 1 heterocycles. The van der Waals surface area contributed by atoms with Crippen LogP contribution in [0.15, 0.2) is 95.6 Å². The first-order valence-electron chi connectivity index (χ1n) is 11.1. The van der Waals surface area contributed by atoms with Gasteiger partial charge in [0.25, 0.3) is 0 Å². The molecule has 3 aromatic carbocycles. The summed E-state index contributed by atoms with van der Waals surface area (Å²) in [6, 6.07) is 26.8. The maximum absolute atomic E-state index is 12.2. The molecule has 2 N–H and O–H groups in total. The second-order valence-electron chi connectivity index (χ2n) is 8.39. The highest BCUT2D eigenvalue weighted by Crippen LogP contribution is 2.48. The second kappa shape index (κ2) is 8.90. The molecule has 0 unspecified atom stereocenters. The van der Waals surface area contributed by atoms with Gasteiger partial charge in [-0.2, -0.15) is 0 Å². The van der Waals surface area contributed by atoms with Crippen LogP contribution in [-0.2, 0) is 21.6 Å². The molecule has 6 nitrogen and oxygen atoms in total. The minimum atomic E-state index is -0.752. The van der Waals surface area contributed by atoms with E-state index in [2.05, 4.69) is 5.32 Å². The molecule has 5 rings (SSSR count). The third-order valence-electron chi connectivity index (χ3n) is 6.22. The Balaban J connectivity index is 1.26. The van der Waals surface area contributed by atoms with Crippen LogP contribution in [0.25, 0.3) is 22.3 Å². The molecule has 0 saturated heterocycles. The molecule has 34 heavy (non-hydrogen) atoms. The van der Waals surface area contributed by atoms with Crippen molar-refractivity contribution in [2.24, 2.45) is 0 Å². The van der Waals surface area contributed by atoms with Gasteiger partial charge in [-0.1, -0.05) is 78.9 Å². The lowest BCUT2D eigenvalue weighted by atomic mass is 9.93. The molecule has 1 aliphatic rings. The molecule has 0 atom stereocenters. The van der Waals surface area contributed by atoms with Gasteiger partial charge in [-0.05, 0) is 46.7 Å². The third-order valence-corrected chi connectivity index (χ3v) is 6.22. The summed E-state index contributed by atoms with van der Waals surface area (Å²) in [5, 5.41) is 12.1. The molecule has 0 radical (unpaired) electrons. The molecule has 170 valence electrons. The van der Waals surface area contributed by atoms with Crippen molar-refractivity contribution in [2.45, 2.75) is 24.9 Å². The van der Waals surface area contributed by atoms with Crippen LogP contribution in [0.5, 0.6) is 0 Å². The van der Waals surface area contributed by atoms with Gasteiger partial charge in [-0.25, -0.2) is 4.79 Å². The monoisotopic (exact) mass is 453 g/mol. The standard InChI is InChI=1S/C28H23NO5/c30-26(31)28(15-16-28)23-12-10-21(11-13-23)20-6-8-22(9-7-20)24-14-17-33-25(24)29-27(32)34-18-19-4-2-1-3-5-19/h1-14,17H,15-16,18H2,(H,29,32)(H,30,31). The first-order chi connectivity index (χ1) is 16.5. The van der Waals surface area contributed by atoms with Gasteiger partial charge in [-0.15, -0.1) is 0 Å². The predicted molar refractivity (Wildman–Crippen MR) is 128 cm³/mol. The second-order valence-corrected chi connectivity index (χ2v) is 8.39. The van der Waals surface area contributed by atoms with Crippen LogP contribution in [0.2, 0.25) is 0 Å². The van der Waals surface area contributed by atoms with Gasteiger partial charge in [-0.3, -0.25) is 10.1 Å². The maximum Gasteiger partial charge on any atom is 0.414 e. The zero-order chi connectivity index (χ0) is 23.5. The van der Waals surface area contributed by atoms with E-state index >= 15 is 0 Å². The fourth-order valence-electron chi connectivity index (χ4n) is 4.06. The summed E-state index contributed by atoms with van der Waals surface area (Å²) in [7, 11) is 0. The van der Waals surface area contributed by atoms with Crippen molar-refractivity contribution in [1.29, 1.82) is 0 Å². The van der Waals surface area contributed by atoms with Crippen LogP contribution < -0.4 is 5.32 Å². The van der Waals surface area contributed by atoms with Gasteiger partial charge in [0.2, 0.25) is 5.88 Å². The van der Waals surface area contributed by atoms with Crippen molar-refractivity contribution >= 4 is 17.9 Å². The average molecular weight is 453 g/mol. The number of hydrogen-bond acceptors (Lipinski definition) is 4. The zero-order valence-corrected chi connectivity index (χ0v) is 18.4. The molecule has 4 aromatic rings. The highest BCUT2D eigenvalue weighted by molar-refractivity contribution is 5.89. The van der Waals surface area contributed by atoms with Gasteiger partial charge in [0.15, 0.2) is 0 Å². The van der Waals surface area contributed by atoms with Crippen LogP contribution >= 0.6 is 0 Å². The Labute approximate surface area is 196 Å². The fraction of sp³-hybridized carbons (Fsp3) is 0.143. The van der Waals surface area contributed by atoms with Crippen molar-refractivity contribution in [2.75, 3.05) is 5.32 Å². The number of hydrogen-bond donors (Lipinski definition) is 2. The first-order valence-corrected chi connectivity index (χ1v) is 11.1. The van der Waals surface area contributed by atoms with Gasteiger partial charge in [0.1, 0.15) is 6.61 Å². The Kier molecular flexibility index (Phi) is 5.64. The number of furan rings is 1. The highest BCUT2D eigenvalue weighted by Gasteiger charge is 2.51. The van der Waals surface area contributed by atoms with E-state index < -0.39 is 17.5 Å². The van der Waals surface area contributed by atoms with E-state index in [-0.39, 0.29) is 6.61 Å². The molecule has 1 aliphatic carbocycles. The largest absolute Gasteiger partial charge is 0.481 e. The molecule has 0 aliphatic heterocycles. The van der Waals surface area contributed by atoms with Gasteiger partial charge in [0.05, 0.1) is 11.7 Å². The molecule has 0 spiro atoms. The Morgan fingerprint density at radius 1 is 0.853 bits per heavy atom. The van der Waals surface area contributed by atoms with Crippen LogP contribution in [0, 0.1) is 0 Å². The average Bonchev–Trinajstić information content (AvgIpc) is 3.57. The van der Waals surface area contributed by atoms with E-state index in [9.17, 15) is 14.7 Å². The maximum atomic E-state index is 12.2. The number of anilines is 1. The fourth-order valence-corrected chi connectivity index (χ4v) is 4.06. The number of carbonyl (C=O) groups is 2. The first kappa shape index (κ1) is 21.5. The number of carboxylic acids is 1. The smallest absolute Gasteiger partial charge is 0.414 e. The number of carboxylic acid groups (broad SMARTS) is 1. The van der Waals surface area contributed by atoms with Crippen molar-refractivity contribution in [3.63, 3.8) is 0 Å². The summed E-state index contributed by atoms with van der Waals surface area (Å²) in [5.41, 5.74) is 4.70. The van der Waals surface area contributed by atoms with Crippen LogP contribution in [-0.4, -0.2) is 17.2 Å². The molecule has 0 bridgehead atoms. The van der Waals surface area contributed by atoms with Crippen LogP contribution in [0.1, 0.15) is 24.0 Å². The van der Waals surface area contributed by atoms with Crippen molar-refractivity contribution in [1.82, 2.24) is 0 Å². The highest BCUT2D eigenvalue weighted by atomic mass is 16.5. The number of amides is 1. The third kappa shape index (κ3) is 4.30. The zero-order valence-electron chi connectivity index (χ0n) is 18.4. The van der Waals surface area contributed by atoms with E-state index in [1.165, 1.54) is 6.26 Å². The van der Waals surface area contributed by atoms with E-state index in [0.29, 0.717) is 18.7 Å². The van der Waals surface area contributed by atoms with E-state index in [1.807, 2.05) is 78.9 Å². The summed E-state index contributed by atoms with van der Waals surface area (Å²) < 4.78 is 10.7.